The van der Waals surface area contributed by atoms with Crippen LogP contribution in [0.3, 0.4) is 0 Å². The molecule has 1 N–H and O–H groups in total. The number of ether oxygens (including phenoxy) is 2. The van der Waals surface area contributed by atoms with E-state index >= 15 is 0 Å². The van der Waals surface area contributed by atoms with Crippen LogP contribution in [0.15, 0.2) is 29.8 Å². The van der Waals surface area contributed by atoms with E-state index in [-0.39, 0.29) is 0 Å². The Morgan fingerprint density at radius 2 is 2.00 bits per heavy atom. The molecule has 0 saturated carbocycles. The van der Waals surface area contributed by atoms with Gasteiger partial charge in [0.05, 0.1) is 14.2 Å². The van der Waals surface area contributed by atoms with Crippen LogP contribution < -0.4 is 14.8 Å². The van der Waals surface area contributed by atoms with Crippen molar-refractivity contribution in [1.29, 1.82) is 0 Å². The quantitative estimate of drug-likeness (QED) is 0.826. The number of hydrogen-bond donors (Lipinski definition) is 1. The number of methoxy groups -OCH3 is 2. The van der Waals surface area contributed by atoms with Crippen molar-refractivity contribution in [2.75, 3.05) is 20.8 Å². The molecular weight excluding hydrogens is 250 g/mol. The smallest absolute Gasteiger partial charge is 0.160 e. The molecule has 1 rings (SSSR count). The highest BCUT2D eigenvalue weighted by Crippen LogP contribution is 2.27. The monoisotopic (exact) mass is 269 g/mol. The van der Waals surface area contributed by atoms with Gasteiger partial charge in [0.1, 0.15) is 0 Å². The Balaban J connectivity index is 2.64. The minimum atomic E-state index is 0.318. The van der Waals surface area contributed by atoms with Crippen molar-refractivity contribution in [2.24, 2.45) is 0 Å². The van der Waals surface area contributed by atoms with E-state index in [2.05, 4.69) is 18.8 Å². The van der Waals surface area contributed by atoms with Gasteiger partial charge in [-0.25, -0.2) is 0 Å². The molecule has 0 heterocycles. The molecule has 4 heteroatoms. The second-order valence-corrected chi connectivity index (χ2v) is 4.73. The maximum absolute atomic E-state index is 5.72. The van der Waals surface area contributed by atoms with E-state index in [9.17, 15) is 0 Å². The summed E-state index contributed by atoms with van der Waals surface area (Å²) in [4.78, 5) is 0. The molecule has 0 aromatic heterocycles. The van der Waals surface area contributed by atoms with Gasteiger partial charge in [-0.2, -0.15) is 0 Å². The molecule has 0 saturated heterocycles. The maximum atomic E-state index is 5.72. The summed E-state index contributed by atoms with van der Waals surface area (Å²) in [6.07, 6.45) is 0.893. The van der Waals surface area contributed by atoms with Crippen LogP contribution in [0.1, 0.15) is 12.5 Å². The lowest BCUT2D eigenvalue weighted by atomic mass is 10.1. The summed E-state index contributed by atoms with van der Waals surface area (Å²) < 4.78 is 10.5. The molecule has 0 fully saturated rings. The molecule has 18 heavy (non-hydrogen) atoms. The van der Waals surface area contributed by atoms with Gasteiger partial charge in [-0.15, -0.1) is 0 Å². The normalized spacial score (nSPS) is 12.0. The second-order valence-electron chi connectivity index (χ2n) is 4.19. The van der Waals surface area contributed by atoms with Crippen LogP contribution in [0, 0.1) is 0 Å². The molecule has 100 valence electrons. The van der Waals surface area contributed by atoms with Gasteiger partial charge in [0, 0.05) is 17.6 Å². The highest BCUT2D eigenvalue weighted by atomic mass is 35.5. The van der Waals surface area contributed by atoms with Gasteiger partial charge in [0.2, 0.25) is 0 Å². The highest BCUT2D eigenvalue weighted by Gasteiger charge is 2.07. The van der Waals surface area contributed by atoms with Crippen molar-refractivity contribution in [3.63, 3.8) is 0 Å². The summed E-state index contributed by atoms with van der Waals surface area (Å²) in [5.41, 5.74) is 1.19. The zero-order valence-electron chi connectivity index (χ0n) is 11.1. The number of halogens is 1. The van der Waals surface area contributed by atoms with E-state index in [4.69, 9.17) is 21.1 Å². The Morgan fingerprint density at radius 3 is 2.56 bits per heavy atom. The second kappa shape index (κ2) is 7.29. The van der Waals surface area contributed by atoms with Gasteiger partial charge in [-0.3, -0.25) is 0 Å². The summed E-state index contributed by atoms with van der Waals surface area (Å²) in [5, 5.41) is 3.91. The Labute approximate surface area is 114 Å². The standard InChI is InChI=1S/C14H20ClNO2/c1-10(15)9-16-11(2)7-12-5-6-13(17-3)14(8-12)18-4/h5-6,8,11,16H,1,7,9H2,2-4H3. The van der Waals surface area contributed by atoms with Crippen LogP contribution in [-0.4, -0.2) is 26.8 Å². The van der Waals surface area contributed by atoms with Gasteiger partial charge >= 0.3 is 0 Å². The lowest BCUT2D eigenvalue weighted by molar-refractivity contribution is 0.354. The van der Waals surface area contributed by atoms with Crippen molar-refractivity contribution in [3.8, 4) is 11.5 Å². The third-order valence-electron chi connectivity index (χ3n) is 2.63. The Hall–Kier alpha value is -1.19. The molecule has 0 spiro atoms. The Morgan fingerprint density at radius 1 is 1.33 bits per heavy atom. The molecule has 0 aliphatic carbocycles. The van der Waals surface area contributed by atoms with Crippen molar-refractivity contribution in [2.45, 2.75) is 19.4 Å². The number of nitrogens with one attached hydrogen (secondary N) is 1. The number of rotatable bonds is 7. The molecule has 3 nitrogen and oxygen atoms in total. The van der Waals surface area contributed by atoms with Crippen molar-refractivity contribution >= 4 is 11.6 Å². The molecule has 0 radical (unpaired) electrons. The zero-order chi connectivity index (χ0) is 13.5. The van der Waals surface area contributed by atoms with E-state index in [1.165, 1.54) is 5.56 Å². The lowest BCUT2D eigenvalue weighted by Crippen LogP contribution is -2.29. The first-order valence-electron chi connectivity index (χ1n) is 5.84. The summed E-state index contributed by atoms with van der Waals surface area (Å²) in [6, 6.07) is 6.27. The minimum absolute atomic E-state index is 0.318. The lowest BCUT2D eigenvalue weighted by Gasteiger charge is -2.15. The van der Waals surface area contributed by atoms with E-state index in [0.717, 1.165) is 17.9 Å². The minimum Gasteiger partial charge on any atom is -0.493 e. The van der Waals surface area contributed by atoms with Crippen LogP contribution >= 0.6 is 11.6 Å². The van der Waals surface area contributed by atoms with E-state index in [1.54, 1.807) is 14.2 Å². The van der Waals surface area contributed by atoms with E-state index < -0.39 is 0 Å². The van der Waals surface area contributed by atoms with Gasteiger partial charge in [0.25, 0.3) is 0 Å². The largest absolute Gasteiger partial charge is 0.493 e. The van der Waals surface area contributed by atoms with Crippen LogP contribution in [0.2, 0.25) is 0 Å². The molecule has 0 amide bonds. The molecule has 0 bridgehead atoms. The molecule has 1 atom stereocenters. The Kier molecular flexibility index (Phi) is 6.02. The molecule has 1 aromatic rings. The van der Waals surface area contributed by atoms with Crippen molar-refractivity contribution in [1.82, 2.24) is 5.32 Å². The van der Waals surface area contributed by atoms with E-state index in [0.29, 0.717) is 17.6 Å². The molecule has 1 aromatic carbocycles. The van der Waals surface area contributed by atoms with Crippen LogP contribution in [0.4, 0.5) is 0 Å². The predicted octanol–water partition coefficient (Wildman–Crippen LogP) is 2.98. The molecule has 1 unspecified atom stereocenters. The first kappa shape index (κ1) is 14.9. The fourth-order valence-corrected chi connectivity index (χ4v) is 1.80. The molecule has 0 aliphatic rings. The summed E-state index contributed by atoms with van der Waals surface area (Å²) >= 11 is 5.72. The molecule has 0 aliphatic heterocycles. The van der Waals surface area contributed by atoms with Crippen molar-refractivity contribution in [3.05, 3.63) is 35.4 Å². The predicted molar refractivity (Wildman–Crippen MR) is 75.7 cm³/mol. The third kappa shape index (κ3) is 4.59. The van der Waals surface area contributed by atoms with Crippen LogP contribution in [-0.2, 0) is 6.42 Å². The first-order chi connectivity index (χ1) is 8.56. The highest BCUT2D eigenvalue weighted by molar-refractivity contribution is 6.29. The third-order valence-corrected chi connectivity index (χ3v) is 2.77. The topological polar surface area (TPSA) is 30.5 Å². The van der Waals surface area contributed by atoms with Gasteiger partial charge in [-0.1, -0.05) is 24.2 Å². The summed E-state index contributed by atoms with van der Waals surface area (Å²) in [5.74, 6) is 1.50. The number of benzene rings is 1. The van der Waals surface area contributed by atoms with Gasteiger partial charge < -0.3 is 14.8 Å². The average Bonchev–Trinajstić information content (AvgIpc) is 2.36. The summed E-state index contributed by atoms with van der Waals surface area (Å²) in [6.45, 7) is 6.38. The van der Waals surface area contributed by atoms with Gasteiger partial charge in [0.15, 0.2) is 11.5 Å². The Bertz CT molecular complexity index is 407. The van der Waals surface area contributed by atoms with E-state index in [1.807, 2.05) is 18.2 Å². The SMILES string of the molecule is C=C(Cl)CNC(C)Cc1ccc(OC)c(OC)c1. The van der Waals surface area contributed by atoms with Crippen LogP contribution in [0.5, 0.6) is 11.5 Å². The number of hydrogen-bond acceptors (Lipinski definition) is 3. The fraction of sp³-hybridized carbons (Fsp3) is 0.429. The fourth-order valence-electron chi connectivity index (χ4n) is 1.72. The van der Waals surface area contributed by atoms with Crippen molar-refractivity contribution < 1.29 is 9.47 Å². The first-order valence-corrected chi connectivity index (χ1v) is 6.22. The maximum Gasteiger partial charge on any atom is 0.160 e. The van der Waals surface area contributed by atoms with Gasteiger partial charge in [-0.05, 0) is 31.0 Å². The molecular formula is C14H20ClNO2. The summed E-state index contributed by atoms with van der Waals surface area (Å²) in [7, 11) is 3.27. The average molecular weight is 270 g/mol. The van der Waals surface area contributed by atoms with Crippen LogP contribution in [0.25, 0.3) is 0 Å². The zero-order valence-corrected chi connectivity index (χ0v) is 11.9.